The largest absolute Gasteiger partial charge is 0.353 e. The van der Waals surface area contributed by atoms with E-state index in [-0.39, 0.29) is 5.91 Å². The minimum absolute atomic E-state index is 0.0851. The standard InChI is InChI=1S/C18H16Cl2N6O/c19-13-1-2-14(15(20)9-13)18(27)25-7-5-24(6-8-25)16-10-17(23-11-22-16)26-4-3-21-12-26/h1-4,9-12H,5-8H2. The molecule has 1 aliphatic rings. The van der Waals surface area contributed by atoms with Gasteiger partial charge in [-0.1, -0.05) is 23.2 Å². The lowest BCUT2D eigenvalue weighted by molar-refractivity contribution is 0.0746. The highest BCUT2D eigenvalue weighted by Crippen LogP contribution is 2.23. The van der Waals surface area contributed by atoms with Crippen LogP contribution in [-0.2, 0) is 0 Å². The van der Waals surface area contributed by atoms with E-state index in [1.807, 2.05) is 16.8 Å². The number of carbonyl (C=O) groups excluding carboxylic acids is 1. The van der Waals surface area contributed by atoms with Crippen molar-refractivity contribution in [2.24, 2.45) is 0 Å². The molecule has 9 heteroatoms. The van der Waals surface area contributed by atoms with Gasteiger partial charge in [-0.15, -0.1) is 0 Å². The zero-order valence-electron chi connectivity index (χ0n) is 14.3. The lowest BCUT2D eigenvalue weighted by Gasteiger charge is -2.35. The Morgan fingerprint density at radius 3 is 2.48 bits per heavy atom. The Bertz CT molecular complexity index is 954. The molecule has 27 heavy (non-hydrogen) atoms. The van der Waals surface area contributed by atoms with Gasteiger partial charge in [-0.25, -0.2) is 15.0 Å². The van der Waals surface area contributed by atoms with Crippen molar-refractivity contribution in [2.45, 2.75) is 0 Å². The number of rotatable bonds is 3. The van der Waals surface area contributed by atoms with Crippen molar-refractivity contribution >= 4 is 34.9 Å². The van der Waals surface area contributed by atoms with Gasteiger partial charge in [0.15, 0.2) is 0 Å². The maximum Gasteiger partial charge on any atom is 0.255 e. The van der Waals surface area contributed by atoms with Gasteiger partial charge in [0.25, 0.3) is 5.91 Å². The highest BCUT2D eigenvalue weighted by molar-refractivity contribution is 6.36. The third kappa shape index (κ3) is 3.74. The van der Waals surface area contributed by atoms with E-state index in [9.17, 15) is 4.79 Å². The number of anilines is 1. The first kappa shape index (κ1) is 17.8. The minimum Gasteiger partial charge on any atom is -0.353 e. The first-order valence-electron chi connectivity index (χ1n) is 8.41. The maximum absolute atomic E-state index is 12.7. The Morgan fingerprint density at radius 1 is 1.00 bits per heavy atom. The van der Waals surface area contributed by atoms with Gasteiger partial charge in [0.1, 0.15) is 24.3 Å². The predicted molar refractivity (Wildman–Crippen MR) is 104 cm³/mol. The Kier molecular flexibility index (Phi) is 4.96. The summed E-state index contributed by atoms with van der Waals surface area (Å²) in [6.45, 7) is 2.53. The van der Waals surface area contributed by atoms with Crippen molar-refractivity contribution in [1.29, 1.82) is 0 Å². The first-order valence-corrected chi connectivity index (χ1v) is 9.17. The number of piperazine rings is 1. The molecule has 0 unspecified atom stereocenters. The summed E-state index contributed by atoms with van der Waals surface area (Å²) in [6.07, 6.45) is 6.76. The van der Waals surface area contributed by atoms with Crippen LogP contribution in [0.3, 0.4) is 0 Å². The second-order valence-electron chi connectivity index (χ2n) is 6.11. The lowest BCUT2D eigenvalue weighted by Crippen LogP contribution is -2.49. The van der Waals surface area contributed by atoms with Crippen molar-refractivity contribution in [3.8, 4) is 5.82 Å². The van der Waals surface area contributed by atoms with E-state index < -0.39 is 0 Å². The third-order valence-corrected chi connectivity index (χ3v) is 5.01. The van der Waals surface area contributed by atoms with Crippen molar-refractivity contribution in [1.82, 2.24) is 24.4 Å². The van der Waals surface area contributed by atoms with E-state index in [0.717, 1.165) is 11.6 Å². The number of aromatic nitrogens is 4. The van der Waals surface area contributed by atoms with E-state index in [2.05, 4.69) is 19.9 Å². The highest BCUT2D eigenvalue weighted by Gasteiger charge is 2.24. The molecule has 4 rings (SSSR count). The van der Waals surface area contributed by atoms with Crippen LogP contribution in [0.2, 0.25) is 10.0 Å². The minimum atomic E-state index is -0.0851. The van der Waals surface area contributed by atoms with Crippen molar-refractivity contribution in [3.63, 3.8) is 0 Å². The maximum atomic E-state index is 12.7. The molecule has 1 fully saturated rings. The van der Waals surface area contributed by atoms with Crippen LogP contribution in [0, 0.1) is 0 Å². The average molecular weight is 403 g/mol. The Morgan fingerprint density at radius 2 is 1.78 bits per heavy atom. The predicted octanol–water partition coefficient (Wildman–Crippen LogP) is 2.93. The highest BCUT2D eigenvalue weighted by atomic mass is 35.5. The second kappa shape index (κ2) is 7.54. The molecule has 1 aliphatic heterocycles. The SMILES string of the molecule is O=C(c1ccc(Cl)cc1Cl)N1CCN(c2cc(-n3ccnc3)ncn2)CC1. The fourth-order valence-electron chi connectivity index (χ4n) is 3.02. The van der Waals surface area contributed by atoms with Gasteiger partial charge in [0, 0.05) is 49.7 Å². The number of nitrogens with zero attached hydrogens (tertiary/aromatic N) is 6. The summed E-state index contributed by atoms with van der Waals surface area (Å²) in [5.41, 5.74) is 0.471. The summed E-state index contributed by atoms with van der Waals surface area (Å²) < 4.78 is 1.83. The number of imidazole rings is 1. The van der Waals surface area contributed by atoms with Crippen molar-refractivity contribution in [3.05, 3.63) is 64.9 Å². The van der Waals surface area contributed by atoms with Crippen LogP contribution in [0.25, 0.3) is 5.82 Å². The van der Waals surface area contributed by atoms with E-state index in [1.54, 1.807) is 35.6 Å². The molecule has 1 saturated heterocycles. The van der Waals surface area contributed by atoms with Crippen LogP contribution < -0.4 is 4.90 Å². The molecule has 0 atom stereocenters. The summed E-state index contributed by atoms with van der Waals surface area (Å²) in [6, 6.07) is 6.84. The molecule has 7 nitrogen and oxygen atoms in total. The van der Waals surface area contributed by atoms with Crippen LogP contribution in [0.5, 0.6) is 0 Å². The summed E-state index contributed by atoms with van der Waals surface area (Å²) in [5, 5.41) is 0.884. The Hall–Kier alpha value is -2.64. The number of halogens is 2. The van der Waals surface area contributed by atoms with E-state index in [0.29, 0.717) is 41.8 Å². The van der Waals surface area contributed by atoms with Gasteiger partial charge in [0.05, 0.1) is 10.6 Å². The molecule has 1 amide bonds. The monoisotopic (exact) mass is 402 g/mol. The van der Waals surface area contributed by atoms with Gasteiger partial charge >= 0.3 is 0 Å². The molecule has 2 aromatic heterocycles. The fraction of sp³-hybridized carbons (Fsp3) is 0.222. The van der Waals surface area contributed by atoms with Gasteiger partial charge < -0.3 is 9.80 Å². The molecule has 0 radical (unpaired) electrons. The molecule has 138 valence electrons. The molecule has 0 N–H and O–H groups in total. The fourth-order valence-corrected chi connectivity index (χ4v) is 3.51. The smallest absolute Gasteiger partial charge is 0.255 e. The zero-order chi connectivity index (χ0) is 18.8. The Balaban J connectivity index is 1.45. The van der Waals surface area contributed by atoms with E-state index in [4.69, 9.17) is 23.2 Å². The molecule has 0 bridgehead atoms. The average Bonchev–Trinajstić information content (AvgIpc) is 3.23. The van der Waals surface area contributed by atoms with Crippen molar-refractivity contribution in [2.75, 3.05) is 31.1 Å². The summed E-state index contributed by atoms with van der Waals surface area (Å²) >= 11 is 12.1. The summed E-state index contributed by atoms with van der Waals surface area (Å²) in [4.78, 5) is 29.3. The molecule has 0 saturated carbocycles. The second-order valence-corrected chi connectivity index (χ2v) is 6.95. The van der Waals surface area contributed by atoms with E-state index in [1.165, 1.54) is 6.33 Å². The molecular formula is C18H16Cl2N6O. The first-order chi connectivity index (χ1) is 13.1. The molecular weight excluding hydrogens is 387 g/mol. The normalized spacial score (nSPS) is 14.4. The number of amides is 1. The molecule has 3 aromatic rings. The van der Waals surface area contributed by atoms with Gasteiger partial charge in [-0.2, -0.15) is 0 Å². The summed E-state index contributed by atoms with van der Waals surface area (Å²) in [5.74, 6) is 1.49. The number of hydrogen-bond donors (Lipinski definition) is 0. The summed E-state index contributed by atoms with van der Waals surface area (Å²) in [7, 11) is 0. The molecule has 0 spiro atoms. The Labute approximate surface area is 166 Å². The third-order valence-electron chi connectivity index (χ3n) is 4.46. The van der Waals surface area contributed by atoms with Gasteiger partial charge in [0.2, 0.25) is 0 Å². The number of hydrogen-bond acceptors (Lipinski definition) is 5. The van der Waals surface area contributed by atoms with E-state index >= 15 is 0 Å². The number of benzene rings is 1. The topological polar surface area (TPSA) is 67.2 Å². The van der Waals surface area contributed by atoms with Crippen LogP contribution in [0.1, 0.15) is 10.4 Å². The lowest BCUT2D eigenvalue weighted by atomic mass is 10.1. The quantitative estimate of drug-likeness (QED) is 0.673. The van der Waals surface area contributed by atoms with Crippen molar-refractivity contribution < 1.29 is 4.79 Å². The number of carbonyl (C=O) groups is 1. The molecule has 3 heterocycles. The van der Waals surface area contributed by atoms with Crippen LogP contribution in [0.4, 0.5) is 5.82 Å². The van der Waals surface area contributed by atoms with Crippen LogP contribution in [0.15, 0.2) is 49.3 Å². The van der Waals surface area contributed by atoms with Gasteiger partial charge in [-0.3, -0.25) is 9.36 Å². The zero-order valence-corrected chi connectivity index (χ0v) is 15.8. The molecule has 0 aliphatic carbocycles. The van der Waals surface area contributed by atoms with Crippen LogP contribution in [-0.4, -0.2) is 56.5 Å². The van der Waals surface area contributed by atoms with Gasteiger partial charge in [-0.05, 0) is 18.2 Å². The van der Waals surface area contributed by atoms with Crippen LogP contribution >= 0.6 is 23.2 Å². The molecule has 1 aromatic carbocycles.